The van der Waals surface area contributed by atoms with Crippen molar-refractivity contribution in [2.75, 3.05) is 63.7 Å². The van der Waals surface area contributed by atoms with Crippen LogP contribution < -0.4 is 25.1 Å². The first kappa shape index (κ1) is 59.9. The summed E-state index contributed by atoms with van der Waals surface area (Å²) in [5, 5.41) is 78.6. The Bertz CT molecular complexity index is 3460. The second-order valence-corrected chi connectivity index (χ2v) is 22.8. The van der Waals surface area contributed by atoms with E-state index in [4.69, 9.17) is 28.8 Å². The number of Topliss-reactive ketones (excluding diaryl/α,β-unsaturated/α-hetero) is 1. The van der Waals surface area contributed by atoms with Gasteiger partial charge in [0.2, 0.25) is 5.43 Å². The molecule has 0 spiro atoms. The van der Waals surface area contributed by atoms with Crippen LogP contribution in [0.2, 0.25) is 0 Å². The average molecular weight is 1150 g/mol. The normalized spacial score (nSPS) is 29.0. The van der Waals surface area contributed by atoms with Crippen molar-refractivity contribution in [2.45, 2.75) is 117 Å². The average Bonchev–Trinajstić information content (AvgIpc) is 1.90. The number of aliphatic hydroxyl groups is 3. The number of aromatic hydroxyl groups is 3. The van der Waals surface area contributed by atoms with Crippen LogP contribution in [0.15, 0.2) is 64.9 Å². The maximum absolute atomic E-state index is 16.3. The standard InChI is InChI=1S/C61H75FN6O15/c1-29-13-12-14-30(2)60(78)64-47-40(26-63-67-22-20-65(21-23-67)38-17-19-66(27-38)49-42(62)25-39-48(58(49)80-11)68(37-15-16-37)28-41(35(7)69)53(39)74)54(75)44-45(55(47)76)52(73)34(6)57-46(44)59(77)61(9,83-57)81-24-18-43(79-10)31(3)56(82-36(8)70)33(5)51(72)32(4)50(29)71/h12-14,18,24-26,28-29,31-33,37-38,43,50-51,56,69,71-73,75-76H,7,15-17,19-23,27H2,1-6,8-11H3,(H,64,78)/b13-12+,24-18+,30-14-,63-26-/t29-,31+,32+,33+,38?,43-,50-,51+,56+,61-/m0/s1. The summed E-state index contributed by atoms with van der Waals surface area (Å²) in [5.41, 5.74) is -0.478. The number of benzene rings is 3. The van der Waals surface area contributed by atoms with Gasteiger partial charge < -0.3 is 69.1 Å². The molecule has 446 valence electrons. The number of nitrogens with one attached hydrogen (secondary N) is 1. The molecule has 6 aliphatic rings. The van der Waals surface area contributed by atoms with Crippen LogP contribution in [0.1, 0.15) is 101 Å². The van der Waals surface area contributed by atoms with E-state index in [-0.39, 0.29) is 78.9 Å². The lowest BCUT2D eigenvalue weighted by Crippen LogP contribution is -2.49. The minimum atomic E-state index is -2.12. The highest BCUT2D eigenvalue weighted by Crippen LogP contribution is 2.55. The van der Waals surface area contributed by atoms with E-state index in [0.29, 0.717) is 51.2 Å². The number of anilines is 2. The van der Waals surface area contributed by atoms with E-state index >= 15 is 4.39 Å². The van der Waals surface area contributed by atoms with E-state index in [2.05, 4.69) is 16.8 Å². The number of ether oxygens (including phenoxy) is 5. The lowest BCUT2D eigenvalue weighted by Gasteiger charge is -2.38. The molecule has 10 atom stereocenters. The van der Waals surface area contributed by atoms with Crippen molar-refractivity contribution < 1.29 is 73.1 Å². The number of halogens is 1. The van der Waals surface area contributed by atoms with E-state index < -0.39 is 106 Å². The van der Waals surface area contributed by atoms with Gasteiger partial charge in [-0.05, 0) is 45.3 Å². The van der Waals surface area contributed by atoms with Gasteiger partial charge in [-0.25, -0.2) is 4.39 Å². The molecule has 1 aromatic heterocycles. The number of ketones is 1. The number of aliphatic hydroxyl groups excluding tert-OH is 3. The topological polar surface area (TPSA) is 275 Å². The number of carbonyl (C=O) groups excluding carboxylic acids is 3. The summed E-state index contributed by atoms with van der Waals surface area (Å²) in [6.45, 7) is 18.7. The Morgan fingerprint density at radius 3 is 2.25 bits per heavy atom. The number of rotatable bonds is 9. The van der Waals surface area contributed by atoms with Crippen LogP contribution in [0, 0.1) is 36.4 Å². The Morgan fingerprint density at radius 2 is 1.61 bits per heavy atom. The minimum absolute atomic E-state index is 0.00258. The van der Waals surface area contributed by atoms with Crippen LogP contribution in [0.3, 0.4) is 0 Å². The zero-order valence-electron chi connectivity index (χ0n) is 48.4. The quantitative estimate of drug-likeness (QED) is 0.0284. The van der Waals surface area contributed by atoms with E-state index in [0.717, 1.165) is 12.8 Å². The minimum Gasteiger partial charge on any atom is -0.508 e. The van der Waals surface area contributed by atoms with Crippen LogP contribution in [0.5, 0.6) is 28.7 Å². The first-order valence-corrected chi connectivity index (χ1v) is 28.0. The van der Waals surface area contributed by atoms with Crippen molar-refractivity contribution in [3.63, 3.8) is 0 Å². The van der Waals surface area contributed by atoms with Crippen molar-refractivity contribution in [1.82, 2.24) is 14.5 Å². The molecule has 5 aliphatic heterocycles. The molecule has 0 radical (unpaired) electrons. The Morgan fingerprint density at radius 1 is 0.916 bits per heavy atom. The molecule has 2 saturated heterocycles. The molecule has 21 nitrogen and oxygen atoms in total. The van der Waals surface area contributed by atoms with Crippen molar-refractivity contribution >= 4 is 62.7 Å². The van der Waals surface area contributed by atoms with Crippen LogP contribution in [-0.4, -0.2) is 159 Å². The number of aromatic nitrogens is 1. The number of amides is 1. The molecular weight excluding hydrogens is 1080 g/mol. The number of allylic oxidation sites excluding steroid dienone is 2. The van der Waals surface area contributed by atoms with Gasteiger partial charge in [-0.15, -0.1) is 0 Å². The number of phenolic OH excluding ortho intramolecular Hbond substituents is 3. The number of hydrogen-bond donors (Lipinski definition) is 7. The fraction of sp³-hybridized carbons (Fsp3) is 0.492. The molecule has 83 heavy (non-hydrogen) atoms. The van der Waals surface area contributed by atoms with Gasteiger partial charge in [0, 0.05) is 119 Å². The number of hydrogen-bond acceptors (Lipinski definition) is 19. The fourth-order valence-corrected chi connectivity index (χ4v) is 12.2. The Hall–Kier alpha value is -7.66. The number of nitrogens with zero attached hydrogens (tertiary/aromatic N) is 5. The second kappa shape index (κ2) is 23.5. The first-order valence-electron chi connectivity index (χ1n) is 28.0. The molecule has 6 heterocycles. The van der Waals surface area contributed by atoms with Gasteiger partial charge in [0.05, 0.1) is 76.6 Å². The number of fused-ring (bicyclic) bond motifs is 15. The highest BCUT2D eigenvalue weighted by molar-refractivity contribution is 6.24. The summed E-state index contributed by atoms with van der Waals surface area (Å²) < 4.78 is 48.0. The maximum Gasteiger partial charge on any atom is 0.312 e. The van der Waals surface area contributed by atoms with E-state index in [1.807, 2.05) is 9.47 Å². The van der Waals surface area contributed by atoms with E-state index in [9.17, 15) is 49.8 Å². The summed E-state index contributed by atoms with van der Waals surface area (Å²) >= 11 is 0. The molecule has 3 aromatic carbocycles. The van der Waals surface area contributed by atoms with Gasteiger partial charge in [-0.1, -0.05) is 52.5 Å². The van der Waals surface area contributed by atoms with Crippen molar-refractivity contribution in [3.05, 3.63) is 93.3 Å². The molecule has 1 aliphatic carbocycles. The Labute approximate surface area is 480 Å². The highest BCUT2D eigenvalue weighted by Gasteiger charge is 2.50. The largest absolute Gasteiger partial charge is 0.508 e. The molecule has 5 bridgehead atoms. The molecule has 22 heteroatoms. The van der Waals surface area contributed by atoms with Crippen LogP contribution in [0.4, 0.5) is 15.8 Å². The summed E-state index contributed by atoms with van der Waals surface area (Å²) in [4.78, 5) is 59.1. The number of carbonyl (C=O) groups is 3. The van der Waals surface area contributed by atoms with Gasteiger partial charge in [0.1, 0.15) is 34.8 Å². The van der Waals surface area contributed by atoms with E-state index in [1.165, 1.54) is 72.6 Å². The molecule has 1 amide bonds. The number of phenols is 3. The predicted molar refractivity (Wildman–Crippen MR) is 310 cm³/mol. The monoisotopic (exact) mass is 1150 g/mol. The lowest BCUT2D eigenvalue weighted by molar-refractivity contribution is -0.160. The molecule has 3 fully saturated rings. The SMILES string of the molecule is C=C(O)c1cn(C2CC2)c2c(OC)c(N3CCC(N4CCN(/N=C\c5c6c(O)c7c(O)c(C)c8c(c7c5O)C(=O)[C@@](C)(O/C=C/[C@H](OC)[C@@H](C)[C@@H](OC(C)=O)[C@H](C)[C@H](O)[C@H](C)[C@@H](O)[C@@H](C)/C=C/C=C(/C)C(=O)N6)O8)CC4)C3)c(F)cc2c1=O. The summed E-state index contributed by atoms with van der Waals surface area (Å²) in [6, 6.07) is 1.26. The molecule has 4 aromatic rings. The number of esters is 1. The van der Waals surface area contributed by atoms with Crippen molar-refractivity contribution in [2.24, 2.45) is 28.8 Å². The Balaban J connectivity index is 1.03. The third-order valence-electron chi connectivity index (χ3n) is 17.3. The van der Waals surface area contributed by atoms with Gasteiger partial charge in [-0.2, -0.15) is 5.10 Å². The molecule has 7 N–H and O–H groups in total. The van der Waals surface area contributed by atoms with Gasteiger partial charge in [0.25, 0.3) is 11.7 Å². The zero-order valence-corrected chi connectivity index (χ0v) is 48.4. The number of methoxy groups -OCH3 is 2. The molecular formula is C61H75FN6O15. The van der Waals surface area contributed by atoms with Crippen molar-refractivity contribution in [1.29, 1.82) is 0 Å². The predicted octanol–water partition coefficient (Wildman–Crippen LogP) is 7.31. The van der Waals surface area contributed by atoms with Gasteiger partial charge >= 0.3 is 11.8 Å². The smallest absolute Gasteiger partial charge is 0.312 e. The summed E-state index contributed by atoms with van der Waals surface area (Å²) in [5.74, 6) is -9.74. The van der Waals surface area contributed by atoms with Gasteiger partial charge in [0.15, 0.2) is 17.3 Å². The number of piperazine rings is 1. The van der Waals surface area contributed by atoms with Crippen LogP contribution in [0.25, 0.3) is 27.4 Å². The molecule has 1 saturated carbocycles. The third-order valence-corrected chi connectivity index (χ3v) is 17.3. The maximum atomic E-state index is 16.3. The molecule has 1 unspecified atom stereocenters. The Kier molecular flexibility index (Phi) is 17.0. The lowest BCUT2D eigenvalue weighted by atomic mass is 9.78. The molecule has 10 rings (SSSR count). The van der Waals surface area contributed by atoms with Crippen LogP contribution in [-0.2, 0) is 23.8 Å². The second-order valence-electron chi connectivity index (χ2n) is 22.8. The van der Waals surface area contributed by atoms with Gasteiger partial charge in [-0.3, -0.25) is 29.1 Å². The third kappa shape index (κ3) is 11.1. The fourth-order valence-electron chi connectivity index (χ4n) is 12.2. The number of hydrazone groups is 1. The van der Waals surface area contributed by atoms with Crippen LogP contribution >= 0.6 is 0 Å². The summed E-state index contributed by atoms with van der Waals surface area (Å²) in [6.07, 6.45) is 8.52. The zero-order chi connectivity index (χ0) is 60.3. The highest BCUT2D eigenvalue weighted by atomic mass is 19.1. The number of pyridine rings is 1. The van der Waals surface area contributed by atoms with E-state index in [1.54, 1.807) is 51.1 Å². The van der Waals surface area contributed by atoms with Crippen molar-refractivity contribution in [3.8, 4) is 28.7 Å². The first-order chi connectivity index (χ1) is 39.3. The summed E-state index contributed by atoms with van der Waals surface area (Å²) in [7, 11) is 2.87.